The van der Waals surface area contributed by atoms with E-state index < -0.39 is 17.8 Å². The standard InChI is InChI=1S/C23H25N3O4S2/c1-23(2,3)30-22(28)26-13-19-25-14-20(32-19)31-18-11-16(15-8-6-5-7-9-15)10-17(12-18)29-21(27)24-4/h5-12,14H,13H2,1-4H3,(H,24,27)(H,26,28). The van der Waals surface area contributed by atoms with Gasteiger partial charge >= 0.3 is 12.2 Å². The summed E-state index contributed by atoms with van der Waals surface area (Å²) in [5, 5.41) is 5.94. The topological polar surface area (TPSA) is 89.5 Å². The molecule has 0 aliphatic heterocycles. The third kappa shape index (κ3) is 7.28. The summed E-state index contributed by atoms with van der Waals surface area (Å²) in [4.78, 5) is 28.8. The number of amides is 2. The van der Waals surface area contributed by atoms with Crippen molar-refractivity contribution in [1.82, 2.24) is 15.6 Å². The quantitative estimate of drug-likeness (QED) is 0.479. The summed E-state index contributed by atoms with van der Waals surface area (Å²) in [6.45, 7) is 5.73. The molecule has 2 N–H and O–H groups in total. The van der Waals surface area contributed by atoms with Crippen LogP contribution in [-0.2, 0) is 11.3 Å². The van der Waals surface area contributed by atoms with Crippen LogP contribution in [0.1, 0.15) is 25.8 Å². The van der Waals surface area contributed by atoms with Gasteiger partial charge in [0, 0.05) is 11.9 Å². The number of carbonyl (C=O) groups excluding carboxylic acids is 2. The predicted octanol–water partition coefficient (Wildman–Crippen LogP) is 5.70. The molecule has 9 heteroatoms. The van der Waals surface area contributed by atoms with Crippen molar-refractivity contribution in [3.8, 4) is 16.9 Å². The summed E-state index contributed by atoms with van der Waals surface area (Å²) >= 11 is 2.99. The first-order valence-corrected chi connectivity index (χ1v) is 11.5. The van der Waals surface area contributed by atoms with E-state index in [1.807, 2.05) is 69.3 Å². The van der Waals surface area contributed by atoms with E-state index >= 15 is 0 Å². The lowest BCUT2D eigenvalue weighted by atomic mass is 10.1. The van der Waals surface area contributed by atoms with Crippen LogP contribution in [0.3, 0.4) is 0 Å². The first kappa shape index (κ1) is 23.6. The summed E-state index contributed by atoms with van der Waals surface area (Å²) in [5.74, 6) is 0.449. The third-order valence-electron chi connectivity index (χ3n) is 3.94. The van der Waals surface area contributed by atoms with Gasteiger partial charge in [-0.05, 0) is 50.1 Å². The second-order valence-corrected chi connectivity index (χ2v) is 10.2. The molecule has 3 aromatic rings. The van der Waals surface area contributed by atoms with Crippen molar-refractivity contribution in [2.75, 3.05) is 7.05 Å². The minimum Gasteiger partial charge on any atom is -0.444 e. The van der Waals surface area contributed by atoms with Gasteiger partial charge in [-0.25, -0.2) is 14.6 Å². The minimum atomic E-state index is -0.549. The van der Waals surface area contributed by atoms with Crippen LogP contribution in [-0.4, -0.2) is 29.8 Å². The maximum atomic E-state index is 11.8. The molecule has 168 valence electrons. The van der Waals surface area contributed by atoms with Crippen LogP contribution in [0, 0.1) is 0 Å². The lowest BCUT2D eigenvalue weighted by Crippen LogP contribution is -2.32. The average molecular weight is 472 g/mol. The number of rotatable bonds is 6. The van der Waals surface area contributed by atoms with Gasteiger partial charge in [0.25, 0.3) is 0 Å². The van der Waals surface area contributed by atoms with Gasteiger partial charge < -0.3 is 20.1 Å². The number of hydrogen-bond acceptors (Lipinski definition) is 7. The molecule has 1 heterocycles. The fourth-order valence-electron chi connectivity index (χ4n) is 2.65. The number of benzene rings is 2. The monoisotopic (exact) mass is 471 g/mol. The van der Waals surface area contributed by atoms with Crippen molar-refractivity contribution in [1.29, 1.82) is 0 Å². The van der Waals surface area contributed by atoms with Crippen molar-refractivity contribution in [3.05, 3.63) is 59.7 Å². The van der Waals surface area contributed by atoms with Gasteiger partial charge in [-0.15, -0.1) is 11.3 Å². The molecular weight excluding hydrogens is 446 g/mol. The molecule has 0 bridgehead atoms. The number of hydrogen-bond donors (Lipinski definition) is 2. The summed E-state index contributed by atoms with van der Waals surface area (Å²) in [6.07, 6.45) is 0.753. The number of nitrogens with zero attached hydrogens (tertiary/aromatic N) is 1. The van der Waals surface area contributed by atoms with Crippen molar-refractivity contribution in [2.45, 2.75) is 42.0 Å². The smallest absolute Gasteiger partial charge is 0.412 e. The zero-order chi connectivity index (χ0) is 23.1. The van der Waals surface area contributed by atoms with Gasteiger partial charge in [-0.3, -0.25) is 0 Å². The highest BCUT2D eigenvalue weighted by molar-refractivity contribution is 8.01. The van der Waals surface area contributed by atoms with Gasteiger partial charge in [0.1, 0.15) is 16.4 Å². The maximum Gasteiger partial charge on any atom is 0.412 e. The van der Waals surface area contributed by atoms with Crippen LogP contribution in [0.4, 0.5) is 9.59 Å². The Morgan fingerprint density at radius 1 is 1.06 bits per heavy atom. The molecule has 0 saturated heterocycles. The highest BCUT2D eigenvalue weighted by Gasteiger charge is 2.16. The van der Waals surface area contributed by atoms with E-state index in [1.165, 1.54) is 30.1 Å². The Morgan fingerprint density at radius 2 is 1.81 bits per heavy atom. The van der Waals surface area contributed by atoms with Gasteiger partial charge in [-0.1, -0.05) is 42.1 Å². The van der Waals surface area contributed by atoms with Crippen LogP contribution in [0.5, 0.6) is 5.75 Å². The summed E-state index contributed by atoms with van der Waals surface area (Å²) in [6, 6.07) is 15.6. The molecule has 0 saturated carbocycles. The van der Waals surface area contributed by atoms with Crippen LogP contribution >= 0.6 is 23.1 Å². The molecule has 0 spiro atoms. The van der Waals surface area contributed by atoms with Crippen molar-refractivity contribution < 1.29 is 19.1 Å². The number of carbonyl (C=O) groups is 2. The number of aromatic nitrogens is 1. The van der Waals surface area contributed by atoms with Crippen molar-refractivity contribution >= 4 is 35.3 Å². The van der Waals surface area contributed by atoms with Gasteiger partial charge in [0.2, 0.25) is 0 Å². The Kier molecular flexibility index (Phi) is 7.76. The van der Waals surface area contributed by atoms with E-state index in [9.17, 15) is 9.59 Å². The first-order chi connectivity index (χ1) is 15.2. The van der Waals surface area contributed by atoms with Gasteiger partial charge in [0.15, 0.2) is 0 Å². The normalized spacial score (nSPS) is 11.0. The lowest BCUT2D eigenvalue weighted by molar-refractivity contribution is 0.0523. The number of alkyl carbamates (subject to hydrolysis) is 1. The van der Waals surface area contributed by atoms with Crippen LogP contribution in [0.15, 0.2) is 63.8 Å². The first-order valence-electron chi connectivity index (χ1n) is 9.91. The van der Waals surface area contributed by atoms with Gasteiger partial charge in [-0.2, -0.15) is 0 Å². The summed E-state index contributed by atoms with van der Waals surface area (Å²) in [7, 11) is 1.52. The highest BCUT2D eigenvalue weighted by atomic mass is 32.2. The Hall–Kier alpha value is -3.04. The van der Waals surface area contributed by atoms with Crippen molar-refractivity contribution in [3.63, 3.8) is 0 Å². The largest absolute Gasteiger partial charge is 0.444 e. The SMILES string of the molecule is CNC(=O)Oc1cc(Sc2cnc(CNC(=O)OC(C)(C)C)s2)cc(-c2ccccc2)c1. The molecule has 2 amide bonds. The summed E-state index contributed by atoms with van der Waals surface area (Å²) in [5.41, 5.74) is 1.40. The molecule has 7 nitrogen and oxygen atoms in total. The van der Waals surface area contributed by atoms with E-state index in [4.69, 9.17) is 9.47 Å². The Labute approximate surface area is 195 Å². The molecule has 0 radical (unpaired) electrons. The molecule has 3 rings (SSSR count). The molecule has 0 aliphatic rings. The fraction of sp³-hybridized carbons (Fsp3) is 0.261. The van der Waals surface area contributed by atoms with Gasteiger partial charge in [0.05, 0.1) is 17.0 Å². The molecule has 32 heavy (non-hydrogen) atoms. The fourth-order valence-corrected chi connectivity index (χ4v) is 4.68. The van der Waals surface area contributed by atoms with Crippen molar-refractivity contribution in [2.24, 2.45) is 0 Å². The molecule has 2 aromatic carbocycles. The van der Waals surface area contributed by atoms with Crippen LogP contribution in [0.2, 0.25) is 0 Å². The summed E-state index contributed by atoms with van der Waals surface area (Å²) < 4.78 is 11.6. The molecule has 1 aromatic heterocycles. The number of ether oxygens (including phenoxy) is 2. The van der Waals surface area contributed by atoms with Crippen LogP contribution < -0.4 is 15.4 Å². The molecule has 0 atom stereocenters. The number of thiazole rings is 1. The maximum absolute atomic E-state index is 11.8. The Morgan fingerprint density at radius 3 is 2.50 bits per heavy atom. The molecular formula is C23H25N3O4S2. The lowest BCUT2D eigenvalue weighted by Gasteiger charge is -2.19. The van der Waals surface area contributed by atoms with E-state index in [0.717, 1.165) is 25.2 Å². The highest BCUT2D eigenvalue weighted by Crippen LogP contribution is 2.37. The van der Waals surface area contributed by atoms with Crippen LogP contribution in [0.25, 0.3) is 11.1 Å². The molecule has 0 aliphatic carbocycles. The predicted molar refractivity (Wildman–Crippen MR) is 126 cm³/mol. The minimum absolute atomic E-state index is 0.287. The van der Waals surface area contributed by atoms with E-state index in [-0.39, 0.29) is 6.54 Å². The van der Waals surface area contributed by atoms with E-state index in [0.29, 0.717) is 5.75 Å². The molecule has 0 fully saturated rings. The zero-order valence-electron chi connectivity index (χ0n) is 18.3. The number of nitrogens with one attached hydrogen (secondary N) is 2. The Balaban J connectivity index is 1.74. The van der Waals surface area contributed by atoms with E-state index in [2.05, 4.69) is 15.6 Å². The third-order valence-corrected chi connectivity index (χ3v) is 6.01. The molecule has 0 unspecified atom stereocenters. The second-order valence-electron chi connectivity index (χ2n) is 7.73. The average Bonchev–Trinajstić information content (AvgIpc) is 3.18. The Bertz CT molecular complexity index is 1080. The van der Waals surface area contributed by atoms with E-state index in [1.54, 1.807) is 6.20 Å². The zero-order valence-corrected chi connectivity index (χ0v) is 19.9. The second kappa shape index (κ2) is 10.5.